The van der Waals surface area contributed by atoms with Crippen LogP contribution in [0.2, 0.25) is 0 Å². The number of halogens is 3. The smallest absolute Gasteiger partial charge is 0.378 e. The molecule has 0 radical (unpaired) electrons. The summed E-state index contributed by atoms with van der Waals surface area (Å²) in [6, 6.07) is 1.73. The summed E-state index contributed by atoms with van der Waals surface area (Å²) in [6.45, 7) is 2.83. The standard InChI is InChI=1S/C13H17F3N4O2/c14-13(15,16)10-8-20(3-6-22-10)12-7-11(17-9-18-12)19-1-4-21-5-2-19/h7,9-10H,1-6,8H2. The molecule has 0 amide bonds. The Morgan fingerprint density at radius 1 is 1.00 bits per heavy atom. The van der Waals surface area contributed by atoms with Crippen LogP contribution in [0.3, 0.4) is 0 Å². The van der Waals surface area contributed by atoms with Gasteiger partial charge in [-0.05, 0) is 0 Å². The molecule has 0 bridgehead atoms. The molecule has 22 heavy (non-hydrogen) atoms. The van der Waals surface area contributed by atoms with E-state index in [1.807, 2.05) is 4.90 Å². The van der Waals surface area contributed by atoms with Gasteiger partial charge in [0, 0.05) is 25.7 Å². The molecule has 3 heterocycles. The van der Waals surface area contributed by atoms with Crippen LogP contribution in [0.1, 0.15) is 0 Å². The number of hydrogen-bond donors (Lipinski definition) is 0. The molecule has 2 aliphatic heterocycles. The highest BCUT2D eigenvalue weighted by atomic mass is 19.4. The highest BCUT2D eigenvalue weighted by Crippen LogP contribution is 2.28. The lowest BCUT2D eigenvalue weighted by Crippen LogP contribution is -2.49. The Morgan fingerprint density at radius 3 is 2.32 bits per heavy atom. The molecule has 3 rings (SSSR count). The van der Waals surface area contributed by atoms with Crippen molar-refractivity contribution >= 4 is 11.6 Å². The highest BCUT2D eigenvalue weighted by molar-refractivity contribution is 5.50. The third-order valence-corrected chi connectivity index (χ3v) is 3.73. The Balaban J connectivity index is 1.74. The average molecular weight is 318 g/mol. The number of nitrogens with zero attached hydrogens (tertiary/aromatic N) is 4. The zero-order chi connectivity index (χ0) is 15.6. The van der Waals surface area contributed by atoms with E-state index in [1.165, 1.54) is 6.33 Å². The lowest BCUT2D eigenvalue weighted by Gasteiger charge is -2.35. The fourth-order valence-electron chi connectivity index (χ4n) is 2.53. The van der Waals surface area contributed by atoms with Gasteiger partial charge in [-0.1, -0.05) is 0 Å². The van der Waals surface area contributed by atoms with E-state index in [1.54, 1.807) is 11.0 Å². The molecule has 0 aromatic carbocycles. The molecule has 2 aliphatic rings. The number of morpholine rings is 2. The quantitative estimate of drug-likeness (QED) is 0.813. The van der Waals surface area contributed by atoms with Gasteiger partial charge in [-0.2, -0.15) is 13.2 Å². The van der Waals surface area contributed by atoms with Crippen LogP contribution in [0.5, 0.6) is 0 Å². The summed E-state index contributed by atoms with van der Waals surface area (Å²) in [5.41, 5.74) is 0. The molecule has 2 fully saturated rings. The first-order valence-electron chi connectivity index (χ1n) is 7.12. The lowest BCUT2D eigenvalue weighted by molar-refractivity contribution is -0.221. The SMILES string of the molecule is FC(F)(F)C1CN(c2cc(N3CCOCC3)ncn2)CCO1. The third-order valence-electron chi connectivity index (χ3n) is 3.73. The van der Waals surface area contributed by atoms with Gasteiger partial charge in [-0.25, -0.2) is 9.97 Å². The van der Waals surface area contributed by atoms with Crippen LogP contribution in [0.15, 0.2) is 12.4 Å². The number of ether oxygens (including phenoxy) is 2. The molecule has 0 saturated carbocycles. The van der Waals surface area contributed by atoms with Crippen LogP contribution in [-0.4, -0.2) is 68.2 Å². The van der Waals surface area contributed by atoms with Gasteiger partial charge < -0.3 is 19.3 Å². The summed E-state index contributed by atoms with van der Waals surface area (Å²) in [5, 5.41) is 0. The first kappa shape index (κ1) is 15.3. The van der Waals surface area contributed by atoms with Gasteiger partial charge in [0.1, 0.15) is 18.0 Å². The molecule has 122 valence electrons. The van der Waals surface area contributed by atoms with Crippen molar-refractivity contribution in [1.29, 1.82) is 0 Å². The molecule has 6 nitrogen and oxygen atoms in total. The van der Waals surface area contributed by atoms with Gasteiger partial charge in [0.2, 0.25) is 0 Å². The van der Waals surface area contributed by atoms with E-state index < -0.39 is 12.3 Å². The monoisotopic (exact) mass is 318 g/mol. The molecule has 1 unspecified atom stereocenters. The van der Waals surface area contributed by atoms with E-state index in [2.05, 4.69) is 9.97 Å². The van der Waals surface area contributed by atoms with Gasteiger partial charge in [-0.3, -0.25) is 0 Å². The van der Waals surface area contributed by atoms with Crippen molar-refractivity contribution < 1.29 is 22.6 Å². The second kappa shape index (κ2) is 6.25. The topological polar surface area (TPSA) is 50.7 Å². The Hall–Kier alpha value is -1.61. The van der Waals surface area contributed by atoms with Crippen LogP contribution in [-0.2, 0) is 9.47 Å². The van der Waals surface area contributed by atoms with Crippen LogP contribution in [0, 0.1) is 0 Å². The maximum Gasteiger partial charge on any atom is 0.416 e. The lowest BCUT2D eigenvalue weighted by atomic mass is 10.2. The van der Waals surface area contributed by atoms with Crippen LogP contribution in [0.4, 0.5) is 24.8 Å². The zero-order valence-electron chi connectivity index (χ0n) is 11.9. The van der Waals surface area contributed by atoms with Gasteiger partial charge in [0.15, 0.2) is 6.10 Å². The van der Waals surface area contributed by atoms with E-state index in [4.69, 9.17) is 9.47 Å². The van der Waals surface area contributed by atoms with Crippen molar-refractivity contribution in [2.75, 3.05) is 55.8 Å². The first-order valence-corrected chi connectivity index (χ1v) is 7.12. The average Bonchev–Trinajstić information content (AvgIpc) is 2.55. The van der Waals surface area contributed by atoms with Crippen LogP contribution < -0.4 is 9.80 Å². The number of alkyl halides is 3. The van der Waals surface area contributed by atoms with E-state index in [0.717, 1.165) is 0 Å². The molecule has 1 aromatic heterocycles. The minimum atomic E-state index is -4.36. The van der Waals surface area contributed by atoms with Crippen LogP contribution >= 0.6 is 0 Å². The fraction of sp³-hybridized carbons (Fsp3) is 0.692. The highest BCUT2D eigenvalue weighted by Gasteiger charge is 2.43. The third kappa shape index (κ3) is 3.41. The minimum absolute atomic E-state index is 0.0288. The van der Waals surface area contributed by atoms with E-state index in [-0.39, 0.29) is 13.2 Å². The largest absolute Gasteiger partial charge is 0.416 e. The molecule has 0 spiro atoms. The normalized spacial score (nSPS) is 23.7. The molecule has 9 heteroatoms. The molecule has 1 aromatic rings. The summed E-state index contributed by atoms with van der Waals surface area (Å²) in [7, 11) is 0. The summed E-state index contributed by atoms with van der Waals surface area (Å²) < 4.78 is 48.5. The zero-order valence-corrected chi connectivity index (χ0v) is 11.9. The summed E-state index contributed by atoms with van der Waals surface area (Å²) in [4.78, 5) is 11.9. The van der Waals surface area contributed by atoms with Crippen molar-refractivity contribution in [2.45, 2.75) is 12.3 Å². The van der Waals surface area contributed by atoms with Crippen LogP contribution in [0.25, 0.3) is 0 Å². The summed E-state index contributed by atoms with van der Waals surface area (Å²) >= 11 is 0. The van der Waals surface area contributed by atoms with Crippen molar-refractivity contribution in [3.8, 4) is 0 Å². The van der Waals surface area contributed by atoms with E-state index >= 15 is 0 Å². The minimum Gasteiger partial charge on any atom is -0.378 e. The maximum atomic E-state index is 12.8. The summed E-state index contributed by atoms with van der Waals surface area (Å²) in [5.74, 6) is 1.21. The maximum absolute atomic E-state index is 12.8. The van der Waals surface area contributed by atoms with Crippen molar-refractivity contribution in [3.05, 3.63) is 12.4 Å². The predicted octanol–water partition coefficient (Wildman–Crippen LogP) is 1.08. The molecule has 1 atom stereocenters. The molecular weight excluding hydrogens is 301 g/mol. The first-order chi connectivity index (χ1) is 10.5. The van der Waals surface area contributed by atoms with E-state index in [0.29, 0.717) is 44.5 Å². The number of anilines is 2. The summed E-state index contributed by atoms with van der Waals surface area (Å²) in [6.07, 6.45) is -4.75. The van der Waals surface area contributed by atoms with Gasteiger partial charge in [-0.15, -0.1) is 0 Å². The number of hydrogen-bond acceptors (Lipinski definition) is 6. The molecule has 2 saturated heterocycles. The second-order valence-corrected chi connectivity index (χ2v) is 5.18. The van der Waals surface area contributed by atoms with Gasteiger partial charge >= 0.3 is 6.18 Å². The van der Waals surface area contributed by atoms with Crippen molar-refractivity contribution in [2.24, 2.45) is 0 Å². The van der Waals surface area contributed by atoms with Crippen molar-refractivity contribution in [1.82, 2.24) is 9.97 Å². The van der Waals surface area contributed by atoms with Crippen molar-refractivity contribution in [3.63, 3.8) is 0 Å². The Kier molecular flexibility index (Phi) is 4.34. The molecule has 0 N–H and O–H groups in total. The second-order valence-electron chi connectivity index (χ2n) is 5.18. The van der Waals surface area contributed by atoms with Gasteiger partial charge in [0.05, 0.1) is 26.4 Å². The molecular formula is C13H17F3N4O2. The predicted molar refractivity (Wildman–Crippen MR) is 73.1 cm³/mol. The Bertz CT molecular complexity index is 508. The van der Waals surface area contributed by atoms with E-state index in [9.17, 15) is 13.2 Å². The van der Waals surface area contributed by atoms with Gasteiger partial charge in [0.25, 0.3) is 0 Å². The number of aromatic nitrogens is 2. The Labute approximate surface area is 125 Å². The molecule has 0 aliphatic carbocycles. The number of rotatable bonds is 2. The fourth-order valence-corrected chi connectivity index (χ4v) is 2.53. The Morgan fingerprint density at radius 2 is 1.64 bits per heavy atom.